The van der Waals surface area contributed by atoms with Crippen molar-refractivity contribution in [3.63, 3.8) is 0 Å². The quantitative estimate of drug-likeness (QED) is 0.738. The summed E-state index contributed by atoms with van der Waals surface area (Å²) in [6, 6.07) is 3.94. The maximum absolute atomic E-state index is 6.20. The molecule has 0 N–H and O–H groups in total. The Morgan fingerprint density at radius 1 is 1.21 bits per heavy atom. The Kier molecular flexibility index (Phi) is 4.29. The van der Waals surface area contributed by atoms with Crippen LogP contribution in [0.15, 0.2) is 12.1 Å². The molecule has 1 nitrogen and oxygen atoms in total. The lowest BCUT2D eigenvalue weighted by Gasteiger charge is -2.24. The van der Waals surface area contributed by atoms with E-state index in [1.54, 1.807) is 0 Å². The predicted molar refractivity (Wildman–Crippen MR) is 69.6 cm³/mol. The highest BCUT2D eigenvalue weighted by atomic mass is 35.5. The van der Waals surface area contributed by atoms with Crippen LogP contribution in [-0.2, 0) is 0 Å². The number of nitrogens with zero attached hydrogens (tertiary/aromatic N) is 1. The Morgan fingerprint density at radius 3 is 2.29 bits per heavy atom. The maximum Gasteiger partial charge on any atom is 0.0824 e. The number of hydrogen-bond acceptors (Lipinski definition) is 1. The summed E-state index contributed by atoms with van der Waals surface area (Å²) in [6.07, 6.45) is 0. The van der Waals surface area contributed by atoms with Gasteiger partial charge in [0.05, 0.1) is 15.7 Å². The molecule has 78 valence electrons. The Bertz CT molecular complexity index is 324. The molecule has 0 atom stereocenters. The summed E-state index contributed by atoms with van der Waals surface area (Å²) in [4.78, 5) is 2.25. The summed E-state index contributed by atoms with van der Waals surface area (Å²) in [5.41, 5.74) is 1.12. The van der Waals surface area contributed by atoms with Crippen molar-refractivity contribution in [2.45, 2.75) is 13.8 Å². The molecule has 0 aliphatic heterocycles. The van der Waals surface area contributed by atoms with Crippen molar-refractivity contribution in [1.82, 2.24) is 0 Å². The lowest BCUT2D eigenvalue weighted by molar-refractivity contribution is 0.869. The van der Waals surface area contributed by atoms with Crippen LogP contribution in [0.3, 0.4) is 0 Å². The maximum atomic E-state index is 6.20. The number of rotatable bonds is 3. The van der Waals surface area contributed by atoms with Crippen LogP contribution in [0.4, 0.5) is 5.69 Å². The minimum atomic E-state index is 0.646. The van der Waals surface area contributed by atoms with Gasteiger partial charge < -0.3 is 4.90 Å². The fourth-order valence-electron chi connectivity index (χ4n) is 1.56. The molecule has 0 heterocycles. The molecule has 0 fully saturated rings. The van der Waals surface area contributed by atoms with Crippen molar-refractivity contribution in [2.75, 3.05) is 18.0 Å². The van der Waals surface area contributed by atoms with Gasteiger partial charge in [0.1, 0.15) is 0 Å². The van der Waals surface area contributed by atoms with Crippen LogP contribution in [0.2, 0.25) is 10.0 Å². The largest absolute Gasteiger partial charge is 0.371 e. The summed E-state index contributed by atoms with van der Waals surface area (Å²) < 4.78 is 0. The minimum absolute atomic E-state index is 0.646. The van der Waals surface area contributed by atoms with Gasteiger partial charge in [-0.15, -0.1) is 0 Å². The molecule has 0 radical (unpaired) electrons. The zero-order chi connectivity index (χ0) is 10.7. The fourth-order valence-corrected chi connectivity index (χ4v) is 2.94. The smallest absolute Gasteiger partial charge is 0.0824 e. The van der Waals surface area contributed by atoms with E-state index in [4.69, 9.17) is 23.2 Å². The molecule has 0 spiro atoms. The minimum Gasteiger partial charge on any atom is -0.371 e. The second kappa shape index (κ2) is 5.05. The van der Waals surface area contributed by atoms with E-state index in [1.807, 2.05) is 6.07 Å². The van der Waals surface area contributed by atoms with E-state index in [0.717, 1.165) is 29.0 Å². The fraction of sp³-hybridized carbons (Fsp3) is 0.400. The van der Waals surface area contributed by atoms with Gasteiger partial charge in [-0.05, 0) is 25.1 Å². The van der Waals surface area contributed by atoms with Crippen LogP contribution in [0.5, 0.6) is 0 Å². The van der Waals surface area contributed by atoms with Crippen LogP contribution < -0.4 is 10.1 Å². The van der Waals surface area contributed by atoms with Crippen LogP contribution in [-0.4, -0.2) is 23.3 Å². The first kappa shape index (κ1) is 11.9. The number of halogens is 2. The zero-order valence-corrected chi connectivity index (χ0v) is 12.3. The first-order valence-electron chi connectivity index (χ1n) is 4.81. The van der Waals surface area contributed by atoms with E-state index in [0.29, 0.717) is 10.0 Å². The topological polar surface area (TPSA) is 3.24 Å². The van der Waals surface area contributed by atoms with E-state index in [2.05, 4.69) is 24.8 Å². The molecule has 0 amide bonds. The molecule has 0 aromatic heterocycles. The molecule has 0 unspecified atom stereocenters. The molecule has 1 aromatic rings. The van der Waals surface area contributed by atoms with E-state index >= 15 is 0 Å². The Balaban J connectivity index is 3.23. The van der Waals surface area contributed by atoms with Crippen molar-refractivity contribution in [1.29, 1.82) is 0 Å². The molecule has 0 saturated carbocycles. The Morgan fingerprint density at radius 2 is 1.79 bits per heavy atom. The van der Waals surface area contributed by atoms with Gasteiger partial charge in [-0.25, -0.2) is 0 Å². The van der Waals surface area contributed by atoms with Crippen molar-refractivity contribution in [3.05, 3.63) is 22.2 Å². The Labute approximate surface area is 98.4 Å². The van der Waals surface area contributed by atoms with Gasteiger partial charge in [-0.2, -0.15) is 0 Å². The molecular formula is C10H15Cl2NSi. The molecule has 0 saturated heterocycles. The number of anilines is 1. The molecule has 14 heavy (non-hydrogen) atoms. The molecule has 1 rings (SSSR count). The van der Waals surface area contributed by atoms with Crippen LogP contribution in [0.25, 0.3) is 0 Å². The van der Waals surface area contributed by atoms with E-state index in [1.165, 1.54) is 5.19 Å². The summed E-state index contributed by atoms with van der Waals surface area (Å²) >= 11 is 12.2. The highest BCUT2D eigenvalue weighted by molar-refractivity contribution is 6.47. The van der Waals surface area contributed by atoms with E-state index in [9.17, 15) is 0 Å². The summed E-state index contributed by atoms with van der Waals surface area (Å²) in [7, 11) is 0.994. The molecule has 0 aliphatic carbocycles. The first-order chi connectivity index (χ1) is 6.61. The molecule has 4 heteroatoms. The van der Waals surface area contributed by atoms with Crippen LogP contribution >= 0.6 is 23.2 Å². The van der Waals surface area contributed by atoms with Crippen molar-refractivity contribution >= 4 is 44.3 Å². The molecule has 0 aliphatic rings. The lowest BCUT2D eigenvalue weighted by atomic mass is 10.2. The summed E-state index contributed by atoms with van der Waals surface area (Å²) in [5, 5.41) is 2.65. The molecule has 1 aromatic carbocycles. The van der Waals surface area contributed by atoms with Crippen molar-refractivity contribution < 1.29 is 0 Å². The second-order valence-electron chi connectivity index (χ2n) is 3.20. The first-order valence-corrected chi connectivity index (χ1v) is 6.56. The second-order valence-corrected chi connectivity index (χ2v) is 5.06. The average molecular weight is 248 g/mol. The SMILES string of the molecule is CCN(CC)c1c([SiH3])ccc(Cl)c1Cl. The van der Waals surface area contributed by atoms with Crippen LogP contribution in [0, 0.1) is 0 Å². The highest BCUT2D eigenvalue weighted by Gasteiger charge is 2.12. The molecule has 0 bridgehead atoms. The lowest BCUT2D eigenvalue weighted by Crippen LogP contribution is -2.28. The summed E-state index contributed by atoms with van der Waals surface area (Å²) in [6.45, 7) is 6.18. The number of benzene rings is 1. The van der Waals surface area contributed by atoms with Gasteiger partial charge in [0.2, 0.25) is 0 Å². The van der Waals surface area contributed by atoms with Gasteiger partial charge in [0, 0.05) is 23.3 Å². The third-order valence-electron chi connectivity index (χ3n) is 2.35. The molecular weight excluding hydrogens is 233 g/mol. The standard InChI is InChI=1S/C10H15Cl2NSi/c1-3-13(4-2)10-8(14)6-5-7(11)9(10)12/h5-6H,3-4H2,1-2,14H3. The monoisotopic (exact) mass is 247 g/mol. The van der Waals surface area contributed by atoms with Gasteiger partial charge >= 0.3 is 0 Å². The van der Waals surface area contributed by atoms with Crippen molar-refractivity contribution in [2.24, 2.45) is 0 Å². The van der Waals surface area contributed by atoms with Crippen molar-refractivity contribution in [3.8, 4) is 0 Å². The highest BCUT2D eigenvalue weighted by Crippen LogP contribution is 2.30. The van der Waals surface area contributed by atoms with E-state index < -0.39 is 0 Å². The predicted octanol–water partition coefficient (Wildman–Crippen LogP) is 1.83. The van der Waals surface area contributed by atoms with Gasteiger partial charge in [-0.3, -0.25) is 0 Å². The normalized spacial score (nSPS) is 10.6. The van der Waals surface area contributed by atoms with E-state index in [-0.39, 0.29) is 0 Å². The third kappa shape index (κ3) is 2.24. The van der Waals surface area contributed by atoms with Gasteiger partial charge in [0.25, 0.3) is 0 Å². The third-order valence-corrected chi connectivity index (χ3v) is 3.95. The average Bonchev–Trinajstić information content (AvgIpc) is 2.19. The van der Waals surface area contributed by atoms with Gasteiger partial charge in [0.15, 0.2) is 0 Å². The number of hydrogen-bond donors (Lipinski definition) is 0. The Hall–Kier alpha value is -0.183. The zero-order valence-electron chi connectivity index (χ0n) is 8.77. The van der Waals surface area contributed by atoms with Gasteiger partial charge in [-0.1, -0.05) is 29.3 Å². The summed E-state index contributed by atoms with van der Waals surface area (Å²) in [5.74, 6) is 0. The van der Waals surface area contributed by atoms with Crippen LogP contribution in [0.1, 0.15) is 13.8 Å².